The van der Waals surface area contributed by atoms with Crippen molar-refractivity contribution in [2.75, 3.05) is 19.8 Å². The average molecular weight is 811 g/mol. The fraction of sp³-hybridized carbons (Fsp3) is 0.872. The van der Waals surface area contributed by atoms with Crippen molar-refractivity contribution >= 4 is 11.9 Å². The molecule has 0 aromatic rings. The molecule has 0 aromatic carbocycles. The van der Waals surface area contributed by atoms with Gasteiger partial charge in [0.05, 0.1) is 13.2 Å². The molecule has 2 unspecified atom stereocenters. The van der Waals surface area contributed by atoms with Crippen molar-refractivity contribution in [3.05, 3.63) is 24.3 Å². The van der Waals surface area contributed by atoms with Gasteiger partial charge in [0.2, 0.25) is 0 Å². The highest BCUT2D eigenvalue weighted by Crippen LogP contribution is 2.23. The van der Waals surface area contributed by atoms with Crippen LogP contribution in [0.25, 0.3) is 0 Å². The van der Waals surface area contributed by atoms with Crippen LogP contribution in [0.1, 0.15) is 206 Å². The molecule has 4 N–H and O–H groups in total. The number of aliphatic hydroxyl groups is 4. The second kappa shape index (κ2) is 38.4. The number of aliphatic hydroxyl groups excluding tert-OH is 4. The molecule has 1 rings (SSSR count). The Morgan fingerprint density at radius 3 is 1.46 bits per heavy atom. The highest BCUT2D eigenvalue weighted by molar-refractivity contribution is 5.70. The lowest BCUT2D eigenvalue weighted by Gasteiger charge is -2.39. The quantitative estimate of drug-likeness (QED) is 0.0268. The van der Waals surface area contributed by atoms with Gasteiger partial charge in [0.1, 0.15) is 31.0 Å². The summed E-state index contributed by atoms with van der Waals surface area (Å²) in [4.78, 5) is 25.3. The van der Waals surface area contributed by atoms with Crippen molar-refractivity contribution in [3.8, 4) is 0 Å². The van der Waals surface area contributed by atoms with Crippen molar-refractivity contribution in [1.82, 2.24) is 0 Å². The van der Waals surface area contributed by atoms with E-state index in [4.69, 9.17) is 18.9 Å². The number of ether oxygens (including phenoxy) is 4. The molecule has 1 aliphatic heterocycles. The van der Waals surface area contributed by atoms with Crippen LogP contribution in [0, 0.1) is 0 Å². The first-order chi connectivity index (χ1) is 27.8. The number of hydrogen-bond donors (Lipinski definition) is 4. The van der Waals surface area contributed by atoms with E-state index in [1.54, 1.807) is 0 Å². The van der Waals surface area contributed by atoms with Crippen LogP contribution >= 0.6 is 0 Å². The predicted molar refractivity (Wildman–Crippen MR) is 229 cm³/mol. The van der Waals surface area contributed by atoms with Gasteiger partial charge in [0.25, 0.3) is 0 Å². The first kappa shape index (κ1) is 53.2. The number of allylic oxidation sites excluding steroid dienone is 4. The Hall–Kier alpha value is -1.82. The summed E-state index contributed by atoms with van der Waals surface area (Å²) >= 11 is 0. The molecule has 0 bridgehead atoms. The van der Waals surface area contributed by atoms with Crippen molar-refractivity contribution in [1.29, 1.82) is 0 Å². The fourth-order valence-electron chi connectivity index (χ4n) is 7.08. The molecular formula is C47H86O10. The maximum absolute atomic E-state index is 12.8. The third kappa shape index (κ3) is 30.0. The maximum atomic E-state index is 12.8. The highest BCUT2D eigenvalue weighted by atomic mass is 16.7. The second-order valence-electron chi connectivity index (χ2n) is 16.2. The number of carbonyl (C=O) groups is 2. The minimum absolute atomic E-state index is 0.194. The Morgan fingerprint density at radius 1 is 0.526 bits per heavy atom. The molecule has 0 radical (unpaired) electrons. The summed E-state index contributed by atoms with van der Waals surface area (Å²) in [6.07, 6.45) is 34.8. The van der Waals surface area contributed by atoms with Crippen LogP contribution < -0.4 is 0 Å². The van der Waals surface area contributed by atoms with Crippen LogP contribution in [0.15, 0.2) is 24.3 Å². The monoisotopic (exact) mass is 811 g/mol. The van der Waals surface area contributed by atoms with E-state index >= 15 is 0 Å². The summed E-state index contributed by atoms with van der Waals surface area (Å²) in [6, 6.07) is 0. The Morgan fingerprint density at radius 2 is 0.965 bits per heavy atom. The van der Waals surface area contributed by atoms with Gasteiger partial charge in [0, 0.05) is 12.8 Å². The topological polar surface area (TPSA) is 152 Å². The molecule has 1 fully saturated rings. The van der Waals surface area contributed by atoms with Gasteiger partial charge in [0.15, 0.2) is 12.4 Å². The van der Waals surface area contributed by atoms with Gasteiger partial charge in [-0.15, -0.1) is 0 Å². The van der Waals surface area contributed by atoms with Crippen LogP contribution in [0.4, 0.5) is 0 Å². The zero-order valence-electron chi connectivity index (χ0n) is 36.3. The first-order valence-electron chi connectivity index (χ1n) is 23.4. The lowest BCUT2D eigenvalue weighted by Crippen LogP contribution is -2.59. The van der Waals surface area contributed by atoms with Crippen LogP contribution in [0.2, 0.25) is 0 Å². The molecule has 1 aliphatic rings. The van der Waals surface area contributed by atoms with E-state index in [0.29, 0.717) is 12.8 Å². The lowest BCUT2D eigenvalue weighted by molar-refractivity contribution is -0.305. The average Bonchev–Trinajstić information content (AvgIpc) is 3.21. The minimum Gasteiger partial charge on any atom is -0.462 e. The number of esters is 2. The summed E-state index contributed by atoms with van der Waals surface area (Å²) in [7, 11) is 0. The molecule has 10 heteroatoms. The molecule has 1 saturated heterocycles. The van der Waals surface area contributed by atoms with E-state index in [1.807, 2.05) is 6.08 Å². The van der Waals surface area contributed by atoms with Gasteiger partial charge in [-0.05, 0) is 51.4 Å². The summed E-state index contributed by atoms with van der Waals surface area (Å²) in [6.45, 7) is 3.39. The van der Waals surface area contributed by atoms with Gasteiger partial charge in [-0.3, -0.25) is 9.59 Å². The van der Waals surface area contributed by atoms with E-state index in [9.17, 15) is 30.0 Å². The van der Waals surface area contributed by atoms with Gasteiger partial charge < -0.3 is 39.4 Å². The van der Waals surface area contributed by atoms with Crippen LogP contribution in [0.5, 0.6) is 0 Å². The largest absolute Gasteiger partial charge is 0.462 e. The molecule has 10 nitrogen and oxygen atoms in total. The first-order valence-corrected chi connectivity index (χ1v) is 23.4. The van der Waals surface area contributed by atoms with E-state index in [1.165, 1.54) is 135 Å². The number of hydrogen-bond acceptors (Lipinski definition) is 10. The molecule has 1 heterocycles. The van der Waals surface area contributed by atoms with Gasteiger partial charge in [-0.1, -0.05) is 167 Å². The van der Waals surface area contributed by atoms with Gasteiger partial charge in [-0.2, -0.15) is 0 Å². The third-order valence-corrected chi connectivity index (χ3v) is 10.8. The molecule has 57 heavy (non-hydrogen) atoms. The van der Waals surface area contributed by atoms with Crippen LogP contribution in [-0.2, 0) is 28.5 Å². The molecule has 0 aromatic heterocycles. The number of unbranched alkanes of at least 4 members (excludes halogenated alkanes) is 24. The normalized spacial score (nSPS) is 20.4. The predicted octanol–water partition coefficient (Wildman–Crippen LogP) is 10.1. The third-order valence-electron chi connectivity index (χ3n) is 10.8. The number of rotatable bonds is 39. The van der Waals surface area contributed by atoms with Crippen molar-refractivity contribution in [2.24, 2.45) is 0 Å². The van der Waals surface area contributed by atoms with Crippen molar-refractivity contribution in [3.63, 3.8) is 0 Å². The second-order valence-corrected chi connectivity index (χ2v) is 16.2. The Labute approximate surface area is 347 Å². The summed E-state index contributed by atoms with van der Waals surface area (Å²) in [5, 5.41) is 40.1. The maximum Gasteiger partial charge on any atom is 0.306 e. The molecule has 0 aliphatic carbocycles. The zero-order valence-corrected chi connectivity index (χ0v) is 36.3. The van der Waals surface area contributed by atoms with E-state index < -0.39 is 55.4 Å². The molecule has 334 valence electrons. The standard InChI is InChI=1S/C47H86O10/c1-3-5-7-9-11-13-15-17-19-20-22-24-26-28-30-32-34-36-43(50)56-40(39-55-47-46(53)45(52)44(51)41(37-48)57-47)38-54-42(49)35-33-31-29-27-25-23-21-18-16-14-12-10-8-6-4-2/h13,15,29,31,40-41,44-48,51-53H,3-12,14,16-28,30,32-39H2,1-2H3/b15-13+,31-29+/t40-,41-,44+,45?,46?,47-/m1/s1. The fourth-order valence-corrected chi connectivity index (χ4v) is 7.08. The van der Waals surface area contributed by atoms with Gasteiger partial charge in [-0.25, -0.2) is 0 Å². The molecule has 0 saturated carbocycles. The molecule has 0 spiro atoms. The zero-order chi connectivity index (χ0) is 41.6. The summed E-state index contributed by atoms with van der Waals surface area (Å²) < 4.78 is 22.1. The summed E-state index contributed by atoms with van der Waals surface area (Å²) in [5.74, 6) is -0.859. The summed E-state index contributed by atoms with van der Waals surface area (Å²) in [5.41, 5.74) is 0. The molecule has 0 amide bonds. The van der Waals surface area contributed by atoms with E-state index in [2.05, 4.69) is 32.1 Å². The Balaban J connectivity index is 2.32. The van der Waals surface area contributed by atoms with E-state index in [-0.39, 0.29) is 26.1 Å². The van der Waals surface area contributed by atoms with Crippen molar-refractivity contribution in [2.45, 2.75) is 243 Å². The molecular weight excluding hydrogens is 725 g/mol. The van der Waals surface area contributed by atoms with E-state index in [0.717, 1.165) is 32.1 Å². The van der Waals surface area contributed by atoms with Gasteiger partial charge >= 0.3 is 11.9 Å². The van der Waals surface area contributed by atoms with Crippen molar-refractivity contribution < 1.29 is 49.0 Å². The van der Waals surface area contributed by atoms with Crippen LogP contribution in [0.3, 0.4) is 0 Å². The SMILES string of the molecule is CCCCCC/C=C/CCCCCCCCCCCC(=O)O[C@H](COC(=O)CC/C=C/CCCCCCCCCCCCC)CO[C@@H]1O[C@H](CO)[C@H](O)C(O)C1O. The van der Waals surface area contributed by atoms with Crippen LogP contribution in [-0.4, -0.2) is 89.0 Å². The lowest BCUT2D eigenvalue weighted by atomic mass is 9.99. The number of carbonyl (C=O) groups excluding carboxylic acids is 2. The Kier molecular flexibility index (Phi) is 35.8. The minimum atomic E-state index is -1.60. The highest BCUT2D eigenvalue weighted by Gasteiger charge is 2.44. The molecule has 6 atom stereocenters. The smallest absolute Gasteiger partial charge is 0.306 e. The Bertz CT molecular complexity index is 985.